The van der Waals surface area contributed by atoms with Gasteiger partial charge in [-0.25, -0.2) is 0 Å². The molecular weight excluding hydrogens is 212 g/mol. The van der Waals surface area contributed by atoms with Crippen molar-refractivity contribution in [2.45, 2.75) is 70.4 Å². The minimum Gasteiger partial charge on any atom is -0.339 e. The van der Waals surface area contributed by atoms with E-state index < -0.39 is 0 Å². The molecule has 0 aromatic rings. The van der Waals surface area contributed by atoms with Gasteiger partial charge in [0.15, 0.2) is 0 Å². The van der Waals surface area contributed by atoms with Gasteiger partial charge in [0, 0.05) is 25.0 Å². The van der Waals surface area contributed by atoms with Crippen LogP contribution in [0, 0.1) is 5.92 Å². The first-order valence-corrected chi connectivity index (χ1v) is 7.27. The number of fused-ring (bicyclic) bond motifs is 1. The first-order chi connectivity index (χ1) is 8.22. The highest BCUT2D eigenvalue weighted by Crippen LogP contribution is 2.36. The van der Waals surface area contributed by atoms with Crippen LogP contribution in [0.15, 0.2) is 0 Å². The second-order valence-corrected chi connectivity index (χ2v) is 5.74. The molecule has 3 unspecified atom stereocenters. The molecule has 2 aliphatic rings. The Balaban J connectivity index is 1.87. The minimum atomic E-state index is 0.0649. The van der Waals surface area contributed by atoms with E-state index in [4.69, 9.17) is 5.73 Å². The average molecular weight is 238 g/mol. The van der Waals surface area contributed by atoms with Crippen LogP contribution in [0.4, 0.5) is 0 Å². The zero-order valence-corrected chi connectivity index (χ0v) is 11.0. The lowest BCUT2D eigenvalue weighted by Gasteiger charge is -2.32. The third kappa shape index (κ3) is 3.01. The third-order valence-electron chi connectivity index (χ3n) is 4.43. The van der Waals surface area contributed by atoms with E-state index in [0.29, 0.717) is 18.4 Å². The second-order valence-electron chi connectivity index (χ2n) is 5.74. The Bertz CT molecular complexity index is 267. The molecule has 1 aliphatic carbocycles. The maximum atomic E-state index is 12.2. The van der Waals surface area contributed by atoms with Gasteiger partial charge in [-0.2, -0.15) is 0 Å². The molecule has 3 atom stereocenters. The SMILES string of the molecule is CCCC(N)CC(=O)N1CCC2CCCCC21. The summed E-state index contributed by atoms with van der Waals surface area (Å²) in [7, 11) is 0. The number of nitrogens with zero attached hydrogens (tertiary/aromatic N) is 1. The van der Waals surface area contributed by atoms with Gasteiger partial charge in [0.2, 0.25) is 5.91 Å². The summed E-state index contributed by atoms with van der Waals surface area (Å²) in [5.41, 5.74) is 5.97. The van der Waals surface area contributed by atoms with Crippen LogP contribution in [0.1, 0.15) is 58.3 Å². The molecule has 1 aliphatic heterocycles. The van der Waals surface area contributed by atoms with Gasteiger partial charge in [-0.15, -0.1) is 0 Å². The standard InChI is InChI=1S/C14H26N2O/c1-2-5-12(15)10-14(17)16-9-8-11-6-3-4-7-13(11)16/h11-13H,2-10,15H2,1H3. The Morgan fingerprint density at radius 2 is 2.12 bits per heavy atom. The van der Waals surface area contributed by atoms with Crippen LogP contribution in [0.3, 0.4) is 0 Å². The van der Waals surface area contributed by atoms with Gasteiger partial charge in [-0.1, -0.05) is 26.2 Å². The number of hydrogen-bond donors (Lipinski definition) is 1. The fraction of sp³-hybridized carbons (Fsp3) is 0.929. The molecule has 2 N–H and O–H groups in total. The minimum absolute atomic E-state index is 0.0649. The first kappa shape index (κ1) is 12.9. The van der Waals surface area contributed by atoms with Crippen molar-refractivity contribution in [3.8, 4) is 0 Å². The monoisotopic (exact) mass is 238 g/mol. The summed E-state index contributed by atoms with van der Waals surface area (Å²) in [6, 6.07) is 0.611. The molecule has 1 saturated carbocycles. The summed E-state index contributed by atoms with van der Waals surface area (Å²) in [4.78, 5) is 14.4. The van der Waals surface area contributed by atoms with Crippen molar-refractivity contribution in [3.63, 3.8) is 0 Å². The van der Waals surface area contributed by atoms with Gasteiger partial charge in [-0.05, 0) is 31.6 Å². The molecule has 0 spiro atoms. The van der Waals surface area contributed by atoms with Crippen molar-refractivity contribution >= 4 is 5.91 Å². The first-order valence-electron chi connectivity index (χ1n) is 7.27. The highest BCUT2D eigenvalue weighted by atomic mass is 16.2. The number of carbonyl (C=O) groups excluding carboxylic acids is 1. The van der Waals surface area contributed by atoms with Crippen molar-refractivity contribution in [2.24, 2.45) is 11.7 Å². The van der Waals surface area contributed by atoms with Gasteiger partial charge in [0.05, 0.1) is 0 Å². The highest BCUT2D eigenvalue weighted by molar-refractivity contribution is 5.77. The highest BCUT2D eigenvalue weighted by Gasteiger charge is 2.38. The van der Waals surface area contributed by atoms with E-state index in [2.05, 4.69) is 11.8 Å². The topological polar surface area (TPSA) is 46.3 Å². The molecule has 0 bridgehead atoms. The van der Waals surface area contributed by atoms with E-state index in [1.807, 2.05) is 0 Å². The average Bonchev–Trinajstić information content (AvgIpc) is 2.72. The van der Waals surface area contributed by atoms with Crippen molar-refractivity contribution in [2.75, 3.05) is 6.54 Å². The predicted molar refractivity (Wildman–Crippen MR) is 69.6 cm³/mol. The molecule has 3 nitrogen and oxygen atoms in total. The molecule has 2 fully saturated rings. The molecule has 17 heavy (non-hydrogen) atoms. The van der Waals surface area contributed by atoms with Crippen LogP contribution >= 0.6 is 0 Å². The van der Waals surface area contributed by atoms with E-state index >= 15 is 0 Å². The Hall–Kier alpha value is -0.570. The van der Waals surface area contributed by atoms with Crippen LogP contribution < -0.4 is 5.73 Å². The molecule has 98 valence electrons. The normalized spacial score (nSPS) is 30.1. The maximum absolute atomic E-state index is 12.2. The molecule has 0 radical (unpaired) electrons. The van der Waals surface area contributed by atoms with Crippen LogP contribution in [0.5, 0.6) is 0 Å². The second kappa shape index (κ2) is 5.85. The zero-order valence-electron chi connectivity index (χ0n) is 11.0. The quantitative estimate of drug-likeness (QED) is 0.817. The lowest BCUT2D eigenvalue weighted by Crippen LogP contribution is -2.41. The van der Waals surface area contributed by atoms with E-state index in [0.717, 1.165) is 25.3 Å². The summed E-state index contributed by atoms with van der Waals surface area (Å²) >= 11 is 0. The van der Waals surface area contributed by atoms with Gasteiger partial charge in [0.1, 0.15) is 0 Å². The molecule has 0 aromatic heterocycles. The van der Waals surface area contributed by atoms with Crippen LogP contribution in [-0.2, 0) is 4.79 Å². The molecule has 0 aromatic carbocycles. The van der Waals surface area contributed by atoms with Crippen LogP contribution in [-0.4, -0.2) is 29.4 Å². The summed E-state index contributed by atoms with van der Waals surface area (Å²) in [6.45, 7) is 3.10. The lowest BCUT2D eigenvalue weighted by molar-refractivity contribution is -0.133. The summed E-state index contributed by atoms with van der Waals surface area (Å²) in [6.07, 6.45) is 9.02. The van der Waals surface area contributed by atoms with Crippen LogP contribution in [0.25, 0.3) is 0 Å². The van der Waals surface area contributed by atoms with Gasteiger partial charge in [0.25, 0.3) is 0 Å². The van der Waals surface area contributed by atoms with Gasteiger partial charge >= 0.3 is 0 Å². The Morgan fingerprint density at radius 1 is 1.35 bits per heavy atom. The van der Waals surface area contributed by atoms with E-state index in [1.165, 1.54) is 32.1 Å². The summed E-state index contributed by atoms with van der Waals surface area (Å²) in [5, 5.41) is 0. The number of likely N-dealkylation sites (tertiary alicyclic amines) is 1. The fourth-order valence-electron chi connectivity index (χ4n) is 3.53. The van der Waals surface area contributed by atoms with E-state index in [1.54, 1.807) is 0 Å². The molecule has 1 saturated heterocycles. The van der Waals surface area contributed by atoms with E-state index in [-0.39, 0.29) is 6.04 Å². The largest absolute Gasteiger partial charge is 0.339 e. The fourth-order valence-corrected chi connectivity index (χ4v) is 3.53. The van der Waals surface area contributed by atoms with Gasteiger partial charge < -0.3 is 10.6 Å². The smallest absolute Gasteiger partial charge is 0.224 e. The van der Waals surface area contributed by atoms with Crippen molar-refractivity contribution in [3.05, 3.63) is 0 Å². The molecule has 1 amide bonds. The van der Waals surface area contributed by atoms with Gasteiger partial charge in [-0.3, -0.25) is 4.79 Å². The predicted octanol–water partition coefficient (Wildman–Crippen LogP) is 2.29. The molecule has 1 heterocycles. The Morgan fingerprint density at radius 3 is 2.88 bits per heavy atom. The number of carbonyl (C=O) groups is 1. The number of nitrogens with two attached hydrogens (primary N) is 1. The molecular formula is C14H26N2O. The van der Waals surface area contributed by atoms with Crippen LogP contribution in [0.2, 0.25) is 0 Å². The van der Waals surface area contributed by atoms with Crippen molar-refractivity contribution in [1.29, 1.82) is 0 Å². The van der Waals surface area contributed by atoms with E-state index in [9.17, 15) is 4.79 Å². The number of rotatable bonds is 4. The Labute approximate surface area is 105 Å². The zero-order chi connectivity index (χ0) is 12.3. The molecule has 3 heteroatoms. The summed E-state index contributed by atoms with van der Waals surface area (Å²) < 4.78 is 0. The number of hydrogen-bond acceptors (Lipinski definition) is 2. The number of amides is 1. The maximum Gasteiger partial charge on any atom is 0.224 e. The molecule has 2 rings (SSSR count). The van der Waals surface area contributed by atoms with Crippen molar-refractivity contribution < 1.29 is 4.79 Å². The van der Waals surface area contributed by atoms with Crippen molar-refractivity contribution in [1.82, 2.24) is 4.90 Å². The third-order valence-corrected chi connectivity index (χ3v) is 4.43. The summed E-state index contributed by atoms with van der Waals surface area (Å²) in [5.74, 6) is 1.09. The Kier molecular flexibility index (Phi) is 4.43. The lowest BCUT2D eigenvalue weighted by atomic mass is 9.85.